The standard InChI is InChI=1S/C17H19BrN2O2.C17H20N2O2/c1-22-16-11-20(10-15(16)21)17-8-7-13(18)14(19-17)9-12-5-3-2-4-6-12;1-21-16-12-19(11-15(16)20)17-9-5-8-14(18-17)10-13-6-3-2-4-7-13/h2-8,15-16,21H,9-11H2,1H3;2-9,15-16,20H,10-12H2,1H3/t2*15-,16-/m11/s1. The maximum Gasteiger partial charge on any atom is 0.129 e. The summed E-state index contributed by atoms with van der Waals surface area (Å²) < 4.78 is 11.6. The lowest BCUT2D eigenvalue weighted by Gasteiger charge is -2.18. The maximum absolute atomic E-state index is 9.98. The summed E-state index contributed by atoms with van der Waals surface area (Å²) >= 11 is 3.58. The van der Waals surface area contributed by atoms with Crippen LogP contribution in [0, 0.1) is 0 Å². The molecule has 2 aromatic heterocycles. The number of hydrogen-bond acceptors (Lipinski definition) is 8. The zero-order chi connectivity index (χ0) is 30.2. The first-order chi connectivity index (χ1) is 20.9. The van der Waals surface area contributed by atoms with E-state index in [1.807, 2.05) is 66.7 Å². The molecule has 4 aromatic rings. The molecule has 0 bridgehead atoms. The predicted octanol–water partition coefficient (Wildman–Crippen LogP) is 4.50. The molecule has 9 heteroatoms. The minimum atomic E-state index is -0.465. The lowest BCUT2D eigenvalue weighted by atomic mass is 10.1. The van der Waals surface area contributed by atoms with E-state index in [9.17, 15) is 10.2 Å². The molecule has 0 amide bonds. The van der Waals surface area contributed by atoms with Crippen molar-refractivity contribution in [2.24, 2.45) is 0 Å². The molecule has 4 heterocycles. The number of aliphatic hydroxyl groups is 2. The number of hydrogen-bond donors (Lipinski definition) is 2. The highest BCUT2D eigenvalue weighted by Gasteiger charge is 2.33. The highest BCUT2D eigenvalue weighted by molar-refractivity contribution is 9.10. The van der Waals surface area contributed by atoms with Crippen LogP contribution in [0.3, 0.4) is 0 Å². The van der Waals surface area contributed by atoms with Gasteiger partial charge in [0.1, 0.15) is 23.8 Å². The van der Waals surface area contributed by atoms with Gasteiger partial charge in [-0.25, -0.2) is 9.97 Å². The first-order valence-corrected chi connectivity index (χ1v) is 15.3. The van der Waals surface area contributed by atoms with E-state index in [0.29, 0.717) is 26.2 Å². The van der Waals surface area contributed by atoms with Gasteiger partial charge < -0.3 is 29.5 Å². The Kier molecular flexibility index (Phi) is 10.8. The van der Waals surface area contributed by atoms with Crippen molar-refractivity contribution in [3.8, 4) is 0 Å². The normalized spacial score (nSPS) is 21.5. The largest absolute Gasteiger partial charge is 0.388 e. The smallest absolute Gasteiger partial charge is 0.129 e. The molecule has 226 valence electrons. The number of rotatable bonds is 8. The van der Waals surface area contributed by atoms with Crippen LogP contribution in [0.15, 0.2) is 95.5 Å². The zero-order valence-corrected chi connectivity index (χ0v) is 26.2. The number of β-amino-alcohol motifs (C(OH)–C–C–N with tert-alkyl or cyclic N) is 2. The number of methoxy groups -OCH3 is 2. The number of benzene rings is 2. The van der Waals surface area contributed by atoms with Crippen molar-refractivity contribution in [3.63, 3.8) is 0 Å². The van der Waals surface area contributed by atoms with Gasteiger partial charge in [0.25, 0.3) is 0 Å². The number of aromatic nitrogens is 2. The minimum absolute atomic E-state index is 0.135. The van der Waals surface area contributed by atoms with Gasteiger partial charge in [-0.1, -0.05) is 66.7 Å². The average Bonchev–Trinajstić information content (AvgIpc) is 3.61. The molecule has 8 nitrogen and oxygen atoms in total. The van der Waals surface area contributed by atoms with E-state index in [1.54, 1.807) is 14.2 Å². The van der Waals surface area contributed by atoms with Gasteiger partial charge in [-0.15, -0.1) is 0 Å². The van der Waals surface area contributed by atoms with E-state index in [2.05, 4.69) is 50.0 Å². The molecule has 2 N–H and O–H groups in total. The van der Waals surface area contributed by atoms with Crippen LogP contribution in [0.25, 0.3) is 0 Å². The van der Waals surface area contributed by atoms with E-state index in [4.69, 9.17) is 19.4 Å². The number of halogens is 1. The van der Waals surface area contributed by atoms with Crippen molar-refractivity contribution in [2.45, 2.75) is 37.3 Å². The summed E-state index contributed by atoms with van der Waals surface area (Å²) in [6, 6.07) is 30.6. The van der Waals surface area contributed by atoms with Crippen LogP contribution in [0.5, 0.6) is 0 Å². The molecule has 2 fully saturated rings. The zero-order valence-electron chi connectivity index (χ0n) is 24.6. The lowest BCUT2D eigenvalue weighted by molar-refractivity contribution is 0.0217. The molecular weight excluding hydrogens is 608 g/mol. The Morgan fingerprint density at radius 3 is 1.72 bits per heavy atom. The number of ether oxygens (including phenoxy) is 2. The SMILES string of the molecule is CO[C@@H]1CN(c2ccc(Br)c(Cc3ccccc3)n2)C[C@H]1O.CO[C@@H]1CN(c2cccc(Cc3ccccc3)n2)C[C@H]1O. The number of anilines is 2. The lowest BCUT2D eigenvalue weighted by Crippen LogP contribution is -2.25. The van der Waals surface area contributed by atoms with Crippen LogP contribution < -0.4 is 9.80 Å². The quantitative estimate of drug-likeness (QED) is 0.289. The number of aliphatic hydroxyl groups excluding tert-OH is 2. The minimum Gasteiger partial charge on any atom is -0.388 e. The van der Waals surface area contributed by atoms with Crippen molar-refractivity contribution in [1.82, 2.24) is 9.97 Å². The molecule has 6 rings (SSSR count). The molecule has 0 aliphatic carbocycles. The van der Waals surface area contributed by atoms with E-state index in [0.717, 1.165) is 40.3 Å². The summed E-state index contributed by atoms with van der Waals surface area (Å²) in [4.78, 5) is 13.6. The molecule has 0 saturated carbocycles. The van der Waals surface area contributed by atoms with Gasteiger partial charge in [-0.05, 0) is 51.3 Å². The highest BCUT2D eigenvalue weighted by atomic mass is 79.9. The molecule has 0 radical (unpaired) electrons. The fraction of sp³-hybridized carbons (Fsp3) is 0.353. The van der Waals surface area contributed by atoms with Crippen molar-refractivity contribution in [1.29, 1.82) is 0 Å². The summed E-state index contributed by atoms with van der Waals surface area (Å²) in [7, 11) is 3.27. The van der Waals surface area contributed by atoms with Gasteiger partial charge >= 0.3 is 0 Å². The Morgan fingerprint density at radius 2 is 1.19 bits per heavy atom. The van der Waals surface area contributed by atoms with Gasteiger partial charge in [0.2, 0.25) is 0 Å². The van der Waals surface area contributed by atoms with Crippen LogP contribution in [0.4, 0.5) is 11.6 Å². The molecule has 2 aromatic carbocycles. The second kappa shape index (κ2) is 14.9. The van der Waals surface area contributed by atoms with Gasteiger partial charge in [-0.2, -0.15) is 0 Å². The molecule has 4 atom stereocenters. The number of pyridine rings is 2. The summed E-state index contributed by atoms with van der Waals surface area (Å²) in [5.74, 6) is 1.79. The molecule has 2 aliphatic rings. The summed E-state index contributed by atoms with van der Waals surface area (Å²) in [5.41, 5.74) is 4.51. The van der Waals surface area contributed by atoms with E-state index in [-0.39, 0.29) is 12.2 Å². The summed E-state index contributed by atoms with van der Waals surface area (Å²) in [6.45, 7) is 2.47. The maximum atomic E-state index is 9.98. The molecule has 2 aliphatic heterocycles. The van der Waals surface area contributed by atoms with Crippen LogP contribution in [-0.4, -0.2) is 85.0 Å². The van der Waals surface area contributed by atoms with E-state index >= 15 is 0 Å². The molecule has 0 spiro atoms. The second-order valence-corrected chi connectivity index (χ2v) is 11.8. The second-order valence-electron chi connectivity index (χ2n) is 10.9. The molecule has 2 saturated heterocycles. The van der Waals surface area contributed by atoms with Crippen molar-refractivity contribution >= 4 is 27.6 Å². The molecular formula is C34H39BrN4O4. The van der Waals surface area contributed by atoms with Crippen LogP contribution in [0.1, 0.15) is 22.5 Å². The predicted molar refractivity (Wildman–Crippen MR) is 173 cm³/mol. The third-order valence-corrected chi connectivity index (χ3v) is 8.59. The molecule has 0 unspecified atom stereocenters. The van der Waals surface area contributed by atoms with Gasteiger partial charge in [0.05, 0.1) is 17.9 Å². The van der Waals surface area contributed by atoms with Gasteiger partial charge in [0, 0.05) is 63.4 Å². The third kappa shape index (κ3) is 8.19. The fourth-order valence-corrected chi connectivity index (χ4v) is 5.82. The summed E-state index contributed by atoms with van der Waals surface area (Å²) in [6.07, 6.45) is 0.396. The highest BCUT2D eigenvalue weighted by Crippen LogP contribution is 2.26. The average molecular weight is 648 g/mol. The Balaban J connectivity index is 0.000000171. The first-order valence-electron chi connectivity index (χ1n) is 14.5. The number of nitrogens with zero attached hydrogens (tertiary/aromatic N) is 4. The fourth-order valence-electron chi connectivity index (χ4n) is 5.46. The van der Waals surface area contributed by atoms with Crippen LogP contribution >= 0.6 is 15.9 Å². The van der Waals surface area contributed by atoms with Crippen molar-refractivity contribution < 1.29 is 19.7 Å². The Hall–Kier alpha value is -3.34. The Labute approximate surface area is 262 Å². The monoisotopic (exact) mass is 646 g/mol. The van der Waals surface area contributed by atoms with Crippen LogP contribution in [-0.2, 0) is 22.3 Å². The Bertz CT molecular complexity index is 1450. The van der Waals surface area contributed by atoms with E-state index in [1.165, 1.54) is 11.1 Å². The van der Waals surface area contributed by atoms with Crippen LogP contribution in [0.2, 0.25) is 0 Å². The van der Waals surface area contributed by atoms with Crippen molar-refractivity contribution in [3.05, 3.63) is 118 Å². The topological polar surface area (TPSA) is 91.2 Å². The third-order valence-electron chi connectivity index (χ3n) is 7.87. The van der Waals surface area contributed by atoms with Gasteiger partial charge in [0.15, 0.2) is 0 Å². The summed E-state index contributed by atoms with van der Waals surface area (Å²) in [5, 5.41) is 19.9. The van der Waals surface area contributed by atoms with Gasteiger partial charge in [-0.3, -0.25) is 0 Å². The Morgan fingerprint density at radius 1 is 0.651 bits per heavy atom. The first kappa shape index (κ1) is 31.1. The van der Waals surface area contributed by atoms with E-state index < -0.39 is 12.2 Å². The van der Waals surface area contributed by atoms with Crippen molar-refractivity contribution in [2.75, 3.05) is 50.2 Å². The molecule has 43 heavy (non-hydrogen) atoms.